The van der Waals surface area contributed by atoms with E-state index in [1.165, 1.54) is 32.1 Å². The summed E-state index contributed by atoms with van der Waals surface area (Å²) < 4.78 is 26.1. The van der Waals surface area contributed by atoms with E-state index in [0.717, 1.165) is 18.4 Å². The number of aryl methyl sites for hydroxylation is 1. The molecule has 4 atom stereocenters. The number of fused-ring (bicyclic) bond motifs is 1. The van der Waals surface area contributed by atoms with E-state index in [1.807, 2.05) is 19.1 Å². The Kier molecular flexibility index (Phi) is 5.52. The second kappa shape index (κ2) is 7.43. The number of carbonyl (C=O) groups excluding carboxylic acids is 1. The summed E-state index contributed by atoms with van der Waals surface area (Å²) in [4.78, 5) is 14.8. The molecule has 4 rings (SSSR count). The number of ketones is 1. The van der Waals surface area contributed by atoms with Crippen LogP contribution in [-0.2, 0) is 14.6 Å². The fraction of sp³-hybridized carbons (Fsp3) is 0.741. The van der Waals surface area contributed by atoms with Crippen LogP contribution in [0.1, 0.15) is 85.1 Å². The monoisotopic (exact) mass is 444 g/mol. The second-order valence-corrected chi connectivity index (χ2v) is 14.3. The molecule has 3 aliphatic rings. The first-order valence-electron chi connectivity index (χ1n) is 12.3. The van der Waals surface area contributed by atoms with Gasteiger partial charge in [0.05, 0.1) is 4.90 Å². The van der Waals surface area contributed by atoms with Gasteiger partial charge in [-0.25, -0.2) is 8.42 Å². The van der Waals surface area contributed by atoms with E-state index in [0.29, 0.717) is 23.7 Å². The van der Waals surface area contributed by atoms with E-state index in [4.69, 9.17) is 0 Å². The maximum absolute atomic E-state index is 14.5. The zero-order valence-corrected chi connectivity index (χ0v) is 21.0. The van der Waals surface area contributed by atoms with Crippen LogP contribution < -0.4 is 0 Å². The molecule has 1 aromatic rings. The lowest BCUT2D eigenvalue weighted by Crippen LogP contribution is -2.52. The molecule has 0 spiro atoms. The van der Waals surface area contributed by atoms with Gasteiger partial charge in [-0.1, -0.05) is 77.0 Å². The molecule has 0 saturated heterocycles. The highest BCUT2D eigenvalue weighted by molar-refractivity contribution is 7.93. The van der Waals surface area contributed by atoms with Gasteiger partial charge in [0.25, 0.3) is 0 Å². The number of hydrogen-bond donors (Lipinski definition) is 0. The largest absolute Gasteiger partial charge is 0.297 e. The van der Waals surface area contributed by atoms with Gasteiger partial charge in [-0.3, -0.25) is 4.79 Å². The van der Waals surface area contributed by atoms with Crippen LogP contribution in [0.25, 0.3) is 0 Å². The third-order valence-electron chi connectivity index (χ3n) is 9.54. The van der Waals surface area contributed by atoms with Gasteiger partial charge >= 0.3 is 0 Å². The molecule has 0 heterocycles. The third-order valence-corrected chi connectivity index (χ3v) is 12.0. The Bertz CT molecular complexity index is 951. The summed E-state index contributed by atoms with van der Waals surface area (Å²) in [6.45, 7) is 12.1. The third kappa shape index (κ3) is 3.10. The molecule has 0 aromatic heterocycles. The number of sulfone groups is 1. The van der Waals surface area contributed by atoms with Crippen LogP contribution in [0.15, 0.2) is 29.2 Å². The minimum Gasteiger partial charge on any atom is -0.297 e. The smallest absolute Gasteiger partial charge is 0.190 e. The predicted molar refractivity (Wildman–Crippen MR) is 126 cm³/mol. The topological polar surface area (TPSA) is 51.2 Å². The lowest BCUT2D eigenvalue weighted by molar-refractivity contribution is -0.134. The molecule has 4 unspecified atom stereocenters. The fourth-order valence-electron chi connectivity index (χ4n) is 7.78. The first-order chi connectivity index (χ1) is 14.4. The Morgan fingerprint density at radius 2 is 1.55 bits per heavy atom. The van der Waals surface area contributed by atoms with Gasteiger partial charge < -0.3 is 0 Å². The van der Waals surface area contributed by atoms with Gasteiger partial charge in [0.1, 0.15) is 4.75 Å². The van der Waals surface area contributed by atoms with Gasteiger partial charge in [-0.2, -0.15) is 0 Å². The van der Waals surface area contributed by atoms with Gasteiger partial charge in [-0.05, 0) is 68.4 Å². The Hall–Kier alpha value is -1.16. The van der Waals surface area contributed by atoms with E-state index in [-0.39, 0.29) is 16.1 Å². The van der Waals surface area contributed by atoms with Crippen molar-refractivity contribution in [2.45, 2.75) is 96.1 Å². The van der Waals surface area contributed by atoms with Gasteiger partial charge in [-0.15, -0.1) is 0 Å². The highest BCUT2D eigenvalue weighted by Crippen LogP contribution is 2.80. The molecule has 0 bridgehead atoms. The van der Waals surface area contributed by atoms with E-state index >= 15 is 0 Å². The van der Waals surface area contributed by atoms with Crippen LogP contribution >= 0.6 is 0 Å². The molecule has 0 radical (unpaired) electrons. The number of hydrogen-bond acceptors (Lipinski definition) is 3. The van der Waals surface area contributed by atoms with Crippen LogP contribution in [0.5, 0.6) is 0 Å². The average Bonchev–Trinajstić information content (AvgIpc) is 3.23. The summed E-state index contributed by atoms with van der Waals surface area (Å²) in [5.74, 6) is 1.63. The summed E-state index contributed by atoms with van der Waals surface area (Å²) in [7, 11) is -3.79. The van der Waals surface area contributed by atoms with Gasteiger partial charge in [0.2, 0.25) is 0 Å². The molecule has 3 saturated carbocycles. The van der Waals surface area contributed by atoms with E-state index in [9.17, 15) is 13.2 Å². The molecule has 3 nitrogen and oxygen atoms in total. The molecule has 1 aromatic carbocycles. The lowest BCUT2D eigenvalue weighted by atomic mass is 9.59. The standard InChI is InChI=1S/C27H40O3S/c1-18-12-15-21(16-13-18)31(29,30)26(5,6)24(28)27-22(25(27,3)4)17-14-19(2)23(27)20-10-8-7-9-11-20/h12-13,15-16,19-20,22-23H,7-11,14,17H2,1-6H3. The summed E-state index contributed by atoms with van der Waals surface area (Å²) in [5, 5.41) is 0. The Balaban J connectivity index is 1.79. The number of carbonyl (C=O) groups is 1. The number of Topliss-reactive ketones (excluding diaryl/α,β-unsaturated/α-hetero) is 1. The van der Waals surface area contributed by atoms with Crippen LogP contribution in [0.2, 0.25) is 0 Å². The maximum atomic E-state index is 14.5. The van der Waals surface area contributed by atoms with Crippen molar-refractivity contribution in [3.63, 3.8) is 0 Å². The summed E-state index contributed by atoms with van der Waals surface area (Å²) in [6, 6.07) is 6.97. The average molecular weight is 445 g/mol. The minimum atomic E-state index is -3.79. The van der Waals surface area contributed by atoms with Crippen molar-refractivity contribution in [2.24, 2.45) is 34.5 Å². The molecule has 31 heavy (non-hydrogen) atoms. The summed E-state index contributed by atoms with van der Waals surface area (Å²) >= 11 is 0. The van der Waals surface area contributed by atoms with Crippen molar-refractivity contribution in [1.29, 1.82) is 0 Å². The zero-order chi connectivity index (χ0) is 22.8. The number of rotatable bonds is 5. The second-order valence-electron chi connectivity index (χ2n) is 11.8. The van der Waals surface area contributed by atoms with Crippen molar-refractivity contribution in [1.82, 2.24) is 0 Å². The van der Waals surface area contributed by atoms with Crippen LogP contribution in [0.3, 0.4) is 0 Å². The summed E-state index contributed by atoms with van der Waals surface area (Å²) in [5.41, 5.74) is 0.383. The van der Waals surface area contributed by atoms with Crippen LogP contribution in [0, 0.1) is 41.4 Å². The van der Waals surface area contributed by atoms with Gasteiger partial charge in [0.15, 0.2) is 15.6 Å². The highest BCUT2D eigenvalue weighted by atomic mass is 32.2. The SMILES string of the molecule is Cc1ccc(S(=O)(=O)C(C)(C)C(=O)C23C(C4CCCCC4)C(C)CCC2C3(C)C)cc1. The summed E-state index contributed by atoms with van der Waals surface area (Å²) in [6.07, 6.45) is 8.37. The molecular formula is C27H40O3S. The first-order valence-corrected chi connectivity index (χ1v) is 13.7. The Labute approximate surface area is 189 Å². The van der Waals surface area contributed by atoms with E-state index in [1.54, 1.807) is 26.0 Å². The van der Waals surface area contributed by atoms with Crippen molar-refractivity contribution in [3.8, 4) is 0 Å². The fourth-order valence-corrected chi connectivity index (χ4v) is 9.28. The first kappa shape index (κ1) is 23.0. The van der Waals surface area contributed by atoms with Crippen LogP contribution in [-0.4, -0.2) is 18.9 Å². The van der Waals surface area contributed by atoms with Crippen molar-refractivity contribution in [3.05, 3.63) is 29.8 Å². The Morgan fingerprint density at radius 1 is 0.968 bits per heavy atom. The van der Waals surface area contributed by atoms with Crippen molar-refractivity contribution < 1.29 is 13.2 Å². The predicted octanol–water partition coefficient (Wildman–Crippen LogP) is 6.39. The van der Waals surface area contributed by atoms with E-state index in [2.05, 4.69) is 20.8 Å². The minimum absolute atomic E-state index is 0.0160. The van der Waals surface area contributed by atoms with Crippen molar-refractivity contribution in [2.75, 3.05) is 0 Å². The molecule has 172 valence electrons. The molecule has 0 amide bonds. The lowest BCUT2D eigenvalue weighted by Gasteiger charge is -2.46. The van der Waals surface area contributed by atoms with E-state index < -0.39 is 20.0 Å². The van der Waals surface area contributed by atoms with Crippen LogP contribution in [0.4, 0.5) is 0 Å². The normalized spacial score (nSPS) is 33.5. The van der Waals surface area contributed by atoms with Crippen molar-refractivity contribution >= 4 is 15.6 Å². The highest BCUT2D eigenvalue weighted by Gasteiger charge is 2.81. The quantitative estimate of drug-likeness (QED) is 0.529. The molecule has 3 aliphatic carbocycles. The number of benzene rings is 1. The zero-order valence-electron chi connectivity index (χ0n) is 20.2. The molecule has 0 aliphatic heterocycles. The maximum Gasteiger partial charge on any atom is 0.190 e. The molecule has 3 fully saturated rings. The molecule has 4 heteroatoms. The molecule has 0 N–H and O–H groups in total. The van der Waals surface area contributed by atoms with Gasteiger partial charge in [0, 0.05) is 5.41 Å². The Morgan fingerprint density at radius 3 is 2.13 bits per heavy atom. The molecular weight excluding hydrogens is 404 g/mol.